The smallest absolute Gasteiger partial charge is 0.317 e. The highest BCUT2D eigenvalue weighted by Crippen LogP contribution is 2.29. The van der Waals surface area contributed by atoms with Crippen LogP contribution in [0, 0.1) is 0 Å². The number of benzene rings is 1. The molecule has 6 nitrogen and oxygen atoms in total. The molecule has 2 aromatic rings. The zero-order chi connectivity index (χ0) is 18.8. The van der Waals surface area contributed by atoms with Gasteiger partial charge in [-0.05, 0) is 24.6 Å². The Morgan fingerprint density at radius 3 is 2.65 bits per heavy atom. The van der Waals surface area contributed by atoms with E-state index in [-0.39, 0.29) is 6.03 Å². The van der Waals surface area contributed by atoms with E-state index in [9.17, 15) is 13.2 Å². The Balaban J connectivity index is 1.62. The summed E-state index contributed by atoms with van der Waals surface area (Å²) in [6.45, 7) is 3.74. The molecule has 1 atom stereocenters. The molecule has 1 aromatic heterocycles. The second-order valence-corrected chi connectivity index (χ2v) is 9.93. The van der Waals surface area contributed by atoms with Gasteiger partial charge in [0.25, 0.3) is 0 Å². The topological polar surface area (TPSA) is 75.7 Å². The number of hydrogen-bond acceptors (Lipinski definition) is 5. The van der Waals surface area contributed by atoms with Crippen molar-refractivity contribution in [1.29, 1.82) is 0 Å². The predicted octanol–water partition coefficient (Wildman–Crippen LogP) is 2.61. The molecule has 2 heterocycles. The van der Waals surface area contributed by atoms with Gasteiger partial charge in [0.2, 0.25) is 0 Å². The van der Waals surface area contributed by atoms with Crippen molar-refractivity contribution in [2.75, 3.05) is 26.0 Å². The Morgan fingerprint density at radius 2 is 2.00 bits per heavy atom. The lowest BCUT2D eigenvalue weighted by atomic mass is 9.94. The van der Waals surface area contributed by atoms with Gasteiger partial charge in [-0.25, -0.2) is 13.2 Å². The summed E-state index contributed by atoms with van der Waals surface area (Å²) >= 11 is 1.18. The number of urea groups is 1. The standard InChI is InChI=1S/C18H22N2O4S2/c1-18(14-6-4-3-5-7-14)13-20(10-11-24-18)17(21)19-12-15-8-9-16(25-15)26(2,22)23/h3-9H,10-13H2,1-2H3,(H,19,21). The molecule has 1 unspecified atom stereocenters. The number of thiophene rings is 1. The number of carbonyl (C=O) groups excluding carboxylic acids is 1. The molecule has 0 saturated carbocycles. The van der Waals surface area contributed by atoms with Crippen molar-refractivity contribution < 1.29 is 17.9 Å². The third kappa shape index (κ3) is 4.25. The van der Waals surface area contributed by atoms with Crippen molar-refractivity contribution in [2.24, 2.45) is 0 Å². The molecular formula is C18H22N2O4S2. The van der Waals surface area contributed by atoms with Crippen LogP contribution in [0.3, 0.4) is 0 Å². The highest BCUT2D eigenvalue weighted by molar-refractivity contribution is 7.92. The number of nitrogens with zero attached hydrogens (tertiary/aromatic N) is 1. The number of nitrogens with one attached hydrogen (secondary N) is 1. The van der Waals surface area contributed by atoms with Crippen LogP contribution in [0.25, 0.3) is 0 Å². The fourth-order valence-electron chi connectivity index (χ4n) is 2.94. The van der Waals surface area contributed by atoms with Gasteiger partial charge >= 0.3 is 6.03 Å². The zero-order valence-electron chi connectivity index (χ0n) is 14.8. The SMILES string of the molecule is CC1(c2ccccc2)CN(C(=O)NCc2ccc(S(C)(=O)=O)s2)CCO1. The molecule has 1 fully saturated rings. The van der Waals surface area contributed by atoms with Crippen LogP contribution in [-0.4, -0.2) is 45.3 Å². The number of hydrogen-bond donors (Lipinski definition) is 1. The number of amides is 2. The van der Waals surface area contributed by atoms with Crippen LogP contribution in [0.1, 0.15) is 17.4 Å². The van der Waals surface area contributed by atoms with Crippen molar-refractivity contribution in [1.82, 2.24) is 10.2 Å². The van der Waals surface area contributed by atoms with E-state index >= 15 is 0 Å². The first kappa shape index (κ1) is 18.9. The molecule has 26 heavy (non-hydrogen) atoms. The second-order valence-electron chi connectivity index (χ2n) is 6.52. The van der Waals surface area contributed by atoms with Crippen LogP contribution < -0.4 is 5.32 Å². The van der Waals surface area contributed by atoms with E-state index in [2.05, 4.69) is 5.32 Å². The number of sulfone groups is 1. The van der Waals surface area contributed by atoms with Crippen molar-refractivity contribution in [3.05, 3.63) is 52.9 Å². The predicted molar refractivity (Wildman–Crippen MR) is 101 cm³/mol. The maximum atomic E-state index is 12.5. The van der Waals surface area contributed by atoms with E-state index in [4.69, 9.17) is 4.74 Å². The zero-order valence-corrected chi connectivity index (χ0v) is 16.4. The lowest BCUT2D eigenvalue weighted by Crippen LogP contribution is -2.53. The third-order valence-corrected chi connectivity index (χ3v) is 7.27. The molecule has 1 aromatic carbocycles. The molecule has 1 N–H and O–H groups in total. The van der Waals surface area contributed by atoms with Gasteiger partial charge in [0.05, 0.1) is 19.7 Å². The van der Waals surface area contributed by atoms with Crippen molar-refractivity contribution in [3.63, 3.8) is 0 Å². The summed E-state index contributed by atoms with van der Waals surface area (Å²) < 4.78 is 29.3. The molecule has 0 spiro atoms. The molecule has 3 rings (SSSR count). The first-order valence-corrected chi connectivity index (χ1v) is 11.0. The van der Waals surface area contributed by atoms with Crippen molar-refractivity contribution in [2.45, 2.75) is 23.3 Å². The van der Waals surface area contributed by atoms with Crippen molar-refractivity contribution >= 4 is 27.2 Å². The van der Waals surface area contributed by atoms with Crippen LogP contribution in [0.4, 0.5) is 4.79 Å². The van der Waals surface area contributed by atoms with Gasteiger partial charge in [-0.15, -0.1) is 11.3 Å². The molecule has 1 saturated heterocycles. The molecule has 1 aliphatic rings. The number of carbonyl (C=O) groups is 1. The first-order valence-electron chi connectivity index (χ1n) is 8.29. The third-order valence-electron chi connectivity index (χ3n) is 4.36. The quantitative estimate of drug-likeness (QED) is 0.865. The molecule has 0 radical (unpaired) electrons. The maximum absolute atomic E-state index is 12.5. The van der Waals surface area contributed by atoms with E-state index in [0.717, 1.165) is 10.4 Å². The summed E-state index contributed by atoms with van der Waals surface area (Å²) in [7, 11) is -3.21. The summed E-state index contributed by atoms with van der Waals surface area (Å²) in [5, 5.41) is 2.87. The maximum Gasteiger partial charge on any atom is 0.317 e. The summed E-state index contributed by atoms with van der Waals surface area (Å²) in [6.07, 6.45) is 1.18. The van der Waals surface area contributed by atoms with Gasteiger partial charge in [0.1, 0.15) is 9.81 Å². The Labute approximate surface area is 157 Å². The Kier molecular flexibility index (Phi) is 5.36. The van der Waals surface area contributed by atoms with Crippen LogP contribution in [-0.2, 0) is 26.7 Å². The van der Waals surface area contributed by atoms with Crippen LogP contribution in [0.15, 0.2) is 46.7 Å². The largest absolute Gasteiger partial charge is 0.367 e. The minimum atomic E-state index is -3.21. The molecule has 8 heteroatoms. The normalized spacial score (nSPS) is 20.8. The molecule has 0 bridgehead atoms. The molecular weight excluding hydrogens is 372 g/mol. The minimum Gasteiger partial charge on any atom is -0.367 e. The number of morpholine rings is 1. The average Bonchev–Trinajstić information content (AvgIpc) is 3.10. The van der Waals surface area contributed by atoms with E-state index in [1.54, 1.807) is 17.0 Å². The molecule has 1 aliphatic heterocycles. The first-order chi connectivity index (χ1) is 12.3. The van der Waals surface area contributed by atoms with Gasteiger partial charge in [0, 0.05) is 17.7 Å². The van der Waals surface area contributed by atoms with Crippen LogP contribution in [0.2, 0.25) is 0 Å². The van der Waals surface area contributed by atoms with E-state index in [1.807, 2.05) is 37.3 Å². The Bertz CT molecular complexity index is 880. The highest BCUT2D eigenvalue weighted by atomic mass is 32.2. The summed E-state index contributed by atoms with van der Waals surface area (Å²) in [5.74, 6) is 0. The number of ether oxygens (including phenoxy) is 1. The van der Waals surface area contributed by atoms with Crippen LogP contribution >= 0.6 is 11.3 Å². The molecule has 2 amide bonds. The Hall–Kier alpha value is -1.90. The lowest BCUT2D eigenvalue weighted by molar-refractivity contribution is -0.0906. The van der Waals surface area contributed by atoms with Gasteiger partial charge < -0.3 is 15.0 Å². The van der Waals surface area contributed by atoms with Gasteiger partial charge in [-0.1, -0.05) is 30.3 Å². The van der Waals surface area contributed by atoms with E-state index < -0.39 is 15.4 Å². The summed E-state index contributed by atoms with van der Waals surface area (Å²) in [4.78, 5) is 15.1. The van der Waals surface area contributed by atoms with Crippen molar-refractivity contribution in [3.8, 4) is 0 Å². The van der Waals surface area contributed by atoms with E-state index in [0.29, 0.717) is 30.5 Å². The van der Waals surface area contributed by atoms with Crippen LogP contribution in [0.5, 0.6) is 0 Å². The highest BCUT2D eigenvalue weighted by Gasteiger charge is 2.35. The fraction of sp³-hybridized carbons (Fsp3) is 0.389. The summed E-state index contributed by atoms with van der Waals surface area (Å²) in [5.41, 5.74) is 0.497. The summed E-state index contributed by atoms with van der Waals surface area (Å²) in [6, 6.07) is 13.0. The number of rotatable bonds is 4. The van der Waals surface area contributed by atoms with Gasteiger partial charge in [-0.2, -0.15) is 0 Å². The second kappa shape index (κ2) is 7.38. The van der Waals surface area contributed by atoms with E-state index in [1.165, 1.54) is 17.6 Å². The lowest BCUT2D eigenvalue weighted by Gasteiger charge is -2.40. The molecule has 0 aliphatic carbocycles. The monoisotopic (exact) mass is 394 g/mol. The average molecular weight is 395 g/mol. The van der Waals surface area contributed by atoms with Gasteiger partial charge in [0.15, 0.2) is 9.84 Å². The minimum absolute atomic E-state index is 0.176. The molecule has 140 valence electrons. The fourth-order valence-corrected chi connectivity index (χ4v) is 4.85. The Morgan fingerprint density at radius 1 is 1.27 bits per heavy atom. The van der Waals surface area contributed by atoms with Gasteiger partial charge in [-0.3, -0.25) is 0 Å².